The summed E-state index contributed by atoms with van der Waals surface area (Å²) < 4.78 is 83.6. The lowest BCUT2D eigenvalue weighted by Crippen LogP contribution is -2.34. The van der Waals surface area contributed by atoms with Gasteiger partial charge < -0.3 is 31.5 Å². The molecule has 0 bridgehead atoms. The molecule has 0 radical (unpaired) electrons. The Morgan fingerprint density at radius 2 is 0.699 bits per heavy atom. The van der Waals surface area contributed by atoms with Gasteiger partial charge in [0.2, 0.25) is 16.7 Å². The maximum absolute atomic E-state index is 13.2. The minimum atomic E-state index is -6.00. The highest BCUT2D eigenvalue weighted by atomic mass is 19.5. The van der Waals surface area contributed by atoms with Crippen molar-refractivity contribution in [2.24, 2.45) is 0 Å². The Morgan fingerprint density at radius 1 is 0.361 bits per heavy atom. The lowest BCUT2D eigenvalue weighted by molar-refractivity contribution is -0.538. The summed E-state index contributed by atoms with van der Waals surface area (Å²) in [7, 11) is -6.00. The molecule has 0 N–H and O–H groups in total. The van der Waals surface area contributed by atoms with Crippen molar-refractivity contribution in [3.63, 3.8) is 0 Å². The van der Waals surface area contributed by atoms with Crippen LogP contribution in [-0.2, 0) is 10.8 Å². The summed E-state index contributed by atoms with van der Waals surface area (Å²) in [4.78, 5) is 0. The molecule has 0 aliphatic carbocycles. The molecule has 4 nitrogen and oxygen atoms in total. The lowest BCUT2D eigenvalue weighted by Gasteiger charge is -2.22. The van der Waals surface area contributed by atoms with Crippen LogP contribution in [0.3, 0.4) is 0 Å². The van der Waals surface area contributed by atoms with Crippen molar-refractivity contribution in [1.82, 2.24) is 0 Å². The molecule has 0 amide bonds. The number of ether oxygens (including phenoxy) is 3. The molecule has 1 heterocycles. The van der Waals surface area contributed by atoms with Gasteiger partial charge in [0.05, 0.1) is 10.8 Å². The van der Waals surface area contributed by atoms with Crippen molar-refractivity contribution in [2.75, 3.05) is 0 Å². The Balaban J connectivity index is 0.000000175. The van der Waals surface area contributed by atoms with Gasteiger partial charge in [-0.1, -0.05) is 174 Å². The minimum absolute atomic E-state index is 0.0563. The fourth-order valence-corrected chi connectivity index (χ4v) is 9.15. The van der Waals surface area contributed by atoms with E-state index in [1.54, 1.807) is 42.5 Å². The molecule has 424 valence electrons. The number of halogens is 6. The third-order valence-corrected chi connectivity index (χ3v) is 13.0. The molecule has 0 atom stereocenters. The van der Waals surface area contributed by atoms with Gasteiger partial charge in [-0.05, 0) is 156 Å². The van der Waals surface area contributed by atoms with Gasteiger partial charge in [0.1, 0.15) is 34.6 Å². The molecule has 0 saturated carbocycles. The summed E-state index contributed by atoms with van der Waals surface area (Å²) >= 11 is 0. The number of pyridine rings is 1. The number of hydrogen-bond acceptors (Lipinski definition) is 3. The molecule has 11 heteroatoms. The van der Waals surface area contributed by atoms with E-state index in [0.29, 0.717) is 11.5 Å². The smallest absolute Gasteiger partial charge is 0.457 e. The molecule has 11 aromatic rings. The zero-order chi connectivity index (χ0) is 59.7. The average molecular weight is 1120 g/mol. The summed E-state index contributed by atoms with van der Waals surface area (Å²) in [6.45, 7) is 20.5. The molecule has 1 aromatic heterocycles. The fourth-order valence-electron chi connectivity index (χ4n) is 9.15. The maximum Gasteiger partial charge on any atom is 0.673 e. The topological polar surface area (TPSA) is 31.6 Å². The molecule has 0 saturated heterocycles. The first-order chi connectivity index (χ1) is 39.5. The third kappa shape index (κ3) is 18.2. The molecule has 83 heavy (non-hydrogen) atoms. The van der Waals surface area contributed by atoms with Crippen LogP contribution in [-0.4, -0.2) is 7.25 Å². The van der Waals surface area contributed by atoms with Crippen molar-refractivity contribution in [3.05, 3.63) is 288 Å². The first kappa shape index (κ1) is 61.5. The van der Waals surface area contributed by atoms with Crippen LogP contribution in [0.5, 0.6) is 34.5 Å². The van der Waals surface area contributed by atoms with Gasteiger partial charge in [-0.2, -0.15) is 4.57 Å². The van der Waals surface area contributed by atoms with Crippen LogP contribution < -0.4 is 18.8 Å². The summed E-state index contributed by atoms with van der Waals surface area (Å²) in [6, 6.07) is 80.1. The van der Waals surface area contributed by atoms with E-state index in [4.69, 9.17) is 14.2 Å². The zero-order valence-corrected chi connectivity index (χ0v) is 48.2. The Morgan fingerprint density at radius 3 is 1.07 bits per heavy atom. The van der Waals surface area contributed by atoms with Crippen LogP contribution in [0.25, 0.3) is 38.6 Å². The first-order valence-electron chi connectivity index (χ1n) is 27.2. The van der Waals surface area contributed by atoms with E-state index in [0.717, 1.165) is 17.2 Å². The Hall–Kier alpha value is -9.09. The number of hydrogen-bond donors (Lipinski definition) is 0. The summed E-state index contributed by atoms with van der Waals surface area (Å²) in [6.07, 6.45) is 0. The number of fused-ring (bicyclic) bond motifs is 2. The largest absolute Gasteiger partial charge is 0.673 e. The Kier molecular flexibility index (Phi) is 20.8. The third-order valence-electron chi connectivity index (χ3n) is 13.0. The molecule has 0 spiro atoms. The fraction of sp³-hybridized carbons (Fsp3) is 0.153. The molecule has 0 fully saturated rings. The lowest BCUT2D eigenvalue weighted by atomic mass is 9.82. The highest BCUT2D eigenvalue weighted by Crippen LogP contribution is 2.41. The zero-order valence-electron chi connectivity index (χ0n) is 48.2. The molecular weight excluding hydrogens is 1050 g/mol. The van der Waals surface area contributed by atoms with Gasteiger partial charge in [0, 0.05) is 29.8 Å². The van der Waals surface area contributed by atoms with E-state index in [1.165, 1.54) is 84.6 Å². The van der Waals surface area contributed by atoms with Crippen LogP contribution in [0.4, 0.5) is 26.0 Å². The van der Waals surface area contributed by atoms with Crippen molar-refractivity contribution < 1.29 is 44.8 Å². The number of benzene rings is 10. The summed E-state index contributed by atoms with van der Waals surface area (Å²) in [5.41, 5.74) is 13.2. The van der Waals surface area contributed by atoms with E-state index in [9.17, 15) is 26.0 Å². The van der Waals surface area contributed by atoms with Gasteiger partial charge in [0.25, 0.3) is 0 Å². The average Bonchev–Trinajstić information content (AvgIpc) is 3.60. The molecular formula is C72H68BF6NO3. The highest BCUT2D eigenvalue weighted by molar-refractivity contribution is 6.50. The molecule has 0 aliphatic heterocycles. The monoisotopic (exact) mass is 1120 g/mol. The second-order valence-electron chi connectivity index (χ2n) is 21.7. The number of aryl methyl sites for hydroxylation is 3. The predicted octanol–water partition coefficient (Wildman–Crippen LogP) is 21.5. The molecule has 0 aliphatic rings. The van der Waals surface area contributed by atoms with Gasteiger partial charge in [-0.3, -0.25) is 0 Å². The second kappa shape index (κ2) is 28.1. The van der Waals surface area contributed by atoms with Crippen LogP contribution in [0, 0.1) is 32.4 Å². The SMILES string of the molecule is Cc1cc(C)c(-c2c3ccc(C(C)(C)C)cc3[n+](-c3ccccc3)c3cc(C(C)(C)C)ccc23)c(C)c1.F[B-](F)(F)F.Fc1ccc(Oc2ccccc2)cc1.Fc1ccccc1Oc1ccccc1.c1ccc(Oc2ccccc2)cc1. The Labute approximate surface area is 484 Å². The van der Waals surface area contributed by atoms with Crippen LogP contribution >= 0.6 is 0 Å². The number of aromatic nitrogens is 1. The highest BCUT2D eigenvalue weighted by Gasteiger charge is 2.28. The summed E-state index contributed by atoms with van der Waals surface area (Å²) in [5.74, 6) is 3.40. The number of para-hydroxylation sites is 6. The van der Waals surface area contributed by atoms with Crippen molar-refractivity contribution in [1.29, 1.82) is 0 Å². The molecule has 10 aromatic carbocycles. The number of rotatable bonds is 8. The van der Waals surface area contributed by atoms with Gasteiger partial charge in [0.15, 0.2) is 11.6 Å². The first-order valence-corrected chi connectivity index (χ1v) is 27.2. The standard InChI is InChI=1S/C36H40N.2C12H9FO.C12H10O.BF4/c1-23-19-24(2)33(25(3)20-23)34-29-17-15-26(35(4,5)6)21-31(29)37(28-13-11-10-12-14-28)32-22-27(36(7,8)9)16-18-30(32)34;13-11-8-4-5-9-12(11)14-10-6-2-1-3-7-10;13-10-6-8-12(9-7-10)14-11-4-2-1-3-5-11;1-3-7-11(8-4-1)13-12-9-5-2-6-10-12;2-1(3,4)5/h10-22H,1-9H3;2*1-9H;1-10H;/q+1;;;;-1. The Bertz CT molecular complexity index is 3670. The second-order valence-corrected chi connectivity index (χ2v) is 21.7. The summed E-state index contributed by atoms with van der Waals surface area (Å²) in [5, 5.41) is 2.59. The van der Waals surface area contributed by atoms with Gasteiger partial charge in [-0.25, -0.2) is 8.78 Å². The van der Waals surface area contributed by atoms with Crippen molar-refractivity contribution in [2.45, 2.75) is 73.1 Å². The molecule has 11 rings (SSSR count). The van der Waals surface area contributed by atoms with Gasteiger partial charge in [-0.15, -0.1) is 0 Å². The maximum atomic E-state index is 13.2. The van der Waals surface area contributed by atoms with E-state index < -0.39 is 7.25 Å². The van der Waals surface area contributed by atoms with Crippen LogP contribution in [0.15, 0.2) is 249 Å². The van der Waals surface area contributed by atoms with Crippen molar-refractivity contribution >= 4 is 29.1 Å². The van der Waals surface area contributed by atoms with E-state index in [-0.39, 0.29) is 28.2 Å². The van der Waals surface area contributed by atoms with Gasteiger partial charge >= 0.3 is 7.25 Å². The van der Waals surface area contributed by atoms with Crippen LogP contribution in [0.1, 0.15) is 69.4 Å². The van der Waals surface area contributed by atoms with E-state index in [1.807, 2.05) is 109 Å². The van der Waals surface area contributed by atoms with E-state index >= 15 is 0 Å². The van der Waals surface area contributed by atoms with Crippen molar-refractivity contribution in [3.8, 4) is 51.3 Å². The predicted molar refractivity (Wildman–Crippen MR) is 329 cm³/mol. The normalized spacial score (nSPS) is 11.1. The quantitative estimate of drug-likeness (QED) is 0.0658. The number of nitrogens with zero attached hydrogens (tertiary/aromatic N) is 1. The minimum Gasteiger partial charge on any atom is -0.457 e. The van der Waals surface area contributed by atoms with Crippen LogP contribution in [0.2, 0.25) is 0 Å². The van der Waals surface area contributed by atoms with E-state index in [2.05, 4.69) is 146 Å². The molecule has 0 unspecified atom stereocenters.